The van der Waals surface area contributed by atoms with Crippen LogP contribution < -0.4 is 0 Å². The highest BCUT2D eigenvalue weighted by atomic mass is 16.4. The van der Waals surface area contributed by atoms with Crippen molar-refractivity contribution in [2.45, 2.75) is 165 Å². The molecule has 2 aliphatic heterocycles. The summed E-state index contributed by atoms with van der Waals surface area (Å²) in [6.45, 7) is 47.7. The molecule has 0 aromatic carbocycles. The third kappa shape index (κ3) is 13.0. The van der Waals surface area contributed by atoms with Crippen LogP contribution in [0, 0.1) is 11.3 Å². The smallest absolute Gasteiger partial charge is 0.221 e. The van der Waals surface area contributed by atoms with E-state index in [1.54, 1.807) is 0 Å². The first-order chi connectivity index (χ1) is 18.1. The number of aromatic nitrogens is 2. The lowest BCUT2D eigenvalue weighted by Crippen LogP contribution is -2.57. The van der Waals surface area contributed by atoms with Gasteiger partial charge in [-0.3, -0.25) is 14.7 Å². The summed E-state index contributed by atoms with van der Waals surface area (Å²) in [5.41, 5.74) is 1.42. The summed E-state index contributed by atoms with van der Waals surface area (Å²) in [6.07, 6.45) is 2.75. The fraction of sp³-hybridized carbons (Fsp3) is 0.943. The topological polar surface area (TPSA) is 48.6 Å². The Balaban J connectivity index is 0.000000308. The van der Waals surface area contributed by atoms with E-state index >= 15 is 0 Å². The minimum atomic E-state index is -0.0590. The second-order valence-electron chi connectivity index (χ2n) is 18.5. The van der Waals surface area contributed by atoms with Crippen LogP contribution in [0.25, 0.3) is 0 Å². The van der Waals surface area contributed by atoms with Crippen molar-refractivity contribution < 1.29 is 4.42 Å². The monoisotopic (exact) mass is 578 g/mol. The van der Waals surface area contributed by atoms with E-state index in [9.17, 15) is 0 Å². The SMILES string of the molecule is CC(C)(C)C1CCN(C(C)(C)C)CC1.CC(C)(C)N1CCN(C(C)(C)C)CC1.CC(C)(C)c1nnc(C(C)(C)C)o1. The summed E-state index contributed by atoms with van der Waals surface area (Å²) in [5.74, 6) is 2.33. The molecule has 0 amide bonds. The van der Waals surface area contributed by atoms with Crippen LogP contribution in [0.2, 0.25) is 0 Å². The lowest BCUT2D eigenvalue weighted by atomic mass is 9.75. The zero-order valence-electron chi connectivity index (χ0n) is 30.9. The van der Waals surface area contributed by atoms with E-state index in [1.165, 1.54) is 52.1 Å². The second-order valence-corrected chi connectivity index (χ2v) is 18.5. The van der Waals surface area contributed by atoms with Crippen LogP contribution in [0.3, 0.4) is 0 Å². The van der Waals surface area contributed by atoms with Gasteiger partial charge in [0.05, 0.1) is 0 Å². The summed E-state index contributed by atoms with van der Waals surface area (Å²) in [5, 5.41) is 8.07. The summed E-state index contributed by atoms with van der Waals surface area (Å²) < 4.78 is 5.59. The number of hydrogen-bond donors (Lipinski definition) is 0. The normalized spacial score (nSPS) is 19.8. The van der Waals surface area contributed by atoms with E-state index in [0.717, 1.165) is 5.92 Å². The van der Waals surface area contributed by atoms with Gasteiger partial charge in [0.2, 0.25) is 11.8 Å². The van der Waals surface area contributed by atoms with Gasteiger partial charge in [0.1, 0.15) is 0 Å². The average Bonchev–Trinajstić information content (AvgIpc) is 3.30. The van der Waals surface area contributed by atoms with Crippen molar-refractivity contribution >= 4 is 0 Å². The summed E-state index contributed by atoms with van der Waals surface area (Å²) in [7, 11) is 0. The van der Waals surface area contributed by atoms with Gasteiger partial charge in [-0.25, -0.2) is 0 Å². The van der Waals surface area contributed by atoms with E-state index in [-0.39, 0.29) is 10.8 Å². The molecule has 0 spiro atoms. The Morgan fingerprint density at radius 3 is 0.927 bits per heavy atom. The molecule has 0 aliphatic carbocycles. The zero-order chi connectivity index (χ0) is 32.2. The number of hydrogen-bond acceptors (Lipinski definition) is 6. The Hall–Kier alpha value is -0.980. The first-order valence-electron chi connectivity index (χ1n) is 16.2. The standard InChI is InChI=1S/C13H27N.C12H26N2.C10H18N2O/c1-12(2,3)11-7-9-14(10-8-11)13(4,5)6;1-11(2,3)13-7-9-14(10-8-13)12(4,5)6;1-9(2,3)7-11-12-8(13-7)10(4,5)6/h11H,7-10H2,1-6H3;7-10H2,1-6H3;1-6H3. The molecule has 6 heteroatoms. The van der Waals surface area contributed by atoms with Crippen molar-refractivity contribution in [2.75, 3.05) is 39.3 Å². The van der Waals surface area contributed by atoms with Gasteiger partial charge in [0, 0.05) is 53.6 Å². The van der Waals surface area contributed by atoms with Gasteiger partial charge in [-0.2, -0.15) is 0 Å². The van der Waals surface area contributed by atoms with Crippen LogP contribution in [-0.4, -0.2) is 80.8 Å². The molecule has 0 atom stereocenters. The Kier molecular flexibility index (Phi) is 12.8. The van der Waals surface area contributed by atoms with E-state index < -0.39 is 0 Å². The van der Waals surface area contributed by atoms with Crippen molar-refractivity contribution in [3.8, 4) is 0 Å². The molecule has 2 saturated heterocycles. The van der Waals surface area contributed by atoms with Gasteiger partial charge in [0.25, 0.3) is 0 Å². The Labute approximate surface area is 256 Å². The molecule has 242 valence electrons. The van der Waals surface area contributed by atoms with Gasteiger partial charge >= 0.3 is 0 Å². The Bertz CT molecular complexity index is 761. The van der Waals surface area contributed by atoms with Crippen molar-refractivity contribution in [2.24, 2.45) is 11.3 Å². The summed E-state index contributed by atoms with van der Waals surface area (Å²) >= 11 is 0. The number of rotatable bonds is 0. The number of piperidine rings is 1. The highest BCUT2D eigenvalue weighted by molar-refractivity contribution is 5.01. The molecule has 41 heavy (non-hydrogen) atoms. The minimum absolute atomic E-state index is 0.0590. The van der Waals surface area contributed by atoms with Crippen molar-refractivity contribution in [3.05, 3.63) is 11.8 Å². The van der Waals surface area contributed by atoms with E-state index in [1.807, 2.05) is 0 Å². The Morgan fingerprint density at radius 1 is 0.463 bits per heavy atom. The molecule has 0 unspecified atom stereocenters. The fourth-order valence-corrected chi connectivity index (χ4v) is 5.29. The molecule has 0 bridgehead atoms. The van der Waals surface area contributed by atoms with Gasteiger partial charge < -0.3 is 4.42 Å². The second kappa shape index (κ2) is 13.8. The largest absolute Gasteiger partial charge is 0.424 e. The van der Waals surface area contributed by atoms with Crippen molar-refractivity contribution in [3.63, 3.8) is 0 Å². The van der Waals surface area contributed by atoms with Crippen molar-refractivity contribution in [1.29, 1.82) is 0 Å². The highest BCUT2D eigenvalue weighted by Crippen LogP contribution is 2.35. The third-order valence-electron chi connectivity index (χ3n) is 8.55. The number of nitrogens with zero attached hydrogens (tertiary/aromatic N) is 5. The van der Waals surface area contributed by atoms with E-state index in [0.29, 0.717) is 33.8 Å². The van der Waals surface area contributed by atoms with Crippen LogP contribution in [0.5, 0.6) is 0 Å². The molecule has 2 fully saturated rings. The predicted molar refractivity (Wildman–Crippen MR) is 178 cm³/mol. The van der Waals surface area contributed by atoms with E-state index in [2.05, 4.69) is 150 Å². The molecule has 0 saturated carbocycles. The molecule has 6 nitrogen and oxygen atoms in total. The Morgan fingerprint density at radius 2 is 0.732 bits per heavy atom. The highest BCUT2D eigenvalue weighted by Gasteiger charge is 2.33. The lowest BCUT2D eigenvalue weighted by Gasteiger charge is -2.46. The maximum atomic E-state index is 5.59. The van der Waals surface area contributed by atoms with Crippen LogP contribution in [0.15, 0.2) is 4.42 Å². The first kappa shape index (κ1) is 38.0. The molecule has 0 N–H and O–H groups in total. The molecule has 2 aliphatic rings. The van der Waals surface area contributed by atoms with Crippen LogP contribution in [0.4, 0.5) is 0 Å². The van der Waals surface area contributed by atoms with Gasteiger partial charge in [-0.05, 0) is 99.6 Å². The van der Waals surface area contributed by atoms with Crippen molar-refractivity contribution in [1.82, 2.24) is 24.9 Å². The number of likely N-dealkylation sites (tertiary alicyclic amines) is 1. The number of piperazine rings is 1. The minimum Gasteiger partial charge on any atom is -0.424 e. The summed E-state index contributed by atoms with van der Waals surface area (Å²) in [4.78, 5) is 7.78. The molecule has 1 aromatic rings. The molecule has 3 heterocycles. The zero-order valence-corrected chi connectivity index (χ0v) is 30.9. The van der Waals surface area contributed by atoms with Gasteiger partial charge in [-0.15, -0.1) is 10.2 Å². The molecule has 1 aromatic heterocycles. The maximum absolute atomic E-state index is 5.59. The predicted octanol–water partition coefficient (Wildman–Crippen LogP) is 8.41. The van der Waals surface area contributed by atoms with Crippen LogP contribution in [-0.2, 0) is 10.8 Å². The molecule has 3 rings (SSSR count). The molecule has 0 radical (unpaired) electrons. The maximum Gasteiger partial charge on any atom is 0.221 e. The first-order valence-corrected chi connectivity index (χ1v) is 16.2. The lowest BCUT2D eigenvalue weighted by molar-refractivity contribution is 0.0211. The molecular formula is C35H71N5O. The quantitative estimate of drug-likeness (QED) is 0.308. The van der Waals surface area contributed by atoms with E-state index in [4.69, 9.17) is 4.42 Å². The average molecular weight is 578 g/mol. The van der Waals surface area contributed by atoms with Crippen LogP contribution >= 0.6 is 0 Å². The van der Waals surface area contributed by atoms with Crippen LogP contribution in [0.1, 0.15) is 149 Å². The fourth-order valence-electron chi connectivity index (χ4n) is 5.29. The summed E-state index contributed by atoms with van der Waals surface area (Å²) in [6, 6.07) is 0. The third-order valence-corrected chi connectivity index (χ3v) is 8.55. The molecular weight excluding hydrogens is 506 g/mol. The van der Waals surface area contributed by atoms with Gasteiger partial charge in [0.15, 0.2) is 0 Å². The van der Waals surface area contributed by atoms with Gasteiger partial charge in [-0.1, -0.05) is 62.3 Å².